The van der Waals surface area contributed by atoms with E-state index in [0.29, 0.717) is 12.0 Å². The fourth-order valence-electron chi connectivity index (χ4n) is 1.81. The van der Waals surface area contributed by atoms with Crippen LogP contribution in [-0.4, -0.2) is 28.6 Å². The number of rotatable bonds is 4. The van der Waals surface area contributed by atoms with Crippen LogP contribution in [0.1, 0.15) is 23.7 Å². The minimum atomic E-state index is -0.187. The van der Waals surface area contributed by atoms with Gasteiger partial charge in [-0.15, -0.1) is 0 Å². The molecule has 1 aromatic heterocycles. The van der Waals surface area contributed by atoms with Crippen molar-refractivity contribution in [3.05, 3.63) is 36.0 Å². The lowest BCUT2D eigenvalue weighted by Crippen LogP contribution is -2.37. The van der Waals surface area contributed by atoms with E-state index in [4.69, 9.17) is 5.11 Å². The number of hydrogen-bond donors (Lipinski definition) is 3. The van der Waals surface area contributed by atoms with Crippen molar-refractivity contribution in [3.63, 3.8) is 0 Å². The SMILES string of the molecule is CCC(CO)NC(=O)c1cccc2cc[nH]c12. The Hall–Kier alpha value is -1.81. The number of aliphatic hydroxyl groups excluding tert-OH is 1. The van der Waals surface area contributed by atoms with Crippen LogP contribution in [0.25, 0.3) is 10.9 Å². The first-order valence-corrected chi connectivity index (χ1v) is 5.74. The quantitative estimate of drug-likeness (QED) is 0.750. The molecule has 1 atom stereocenters. The molecule has 2 aromatic rings. The number of nitrogens with one attached hydrogen (secondary N) is 2. The molecule has 17 heavy (non-hydrogen) atoms. The Balaban J connectivity index is 2.27. The molecule has 1 amide bonds. The van der Waals surface area contributed by atoms with Gasteiger partial charge in [0.2, 0.25) is 0 Å². The Morgan fingerprint density at radius 2 is 2.29 bits per heavy atom. The molecule has 0 aliphatic heterocycles. The highest BCUT2D eigenvalue weighted by Crippen LogP contribution is 2.16. The molecule has 1 aromatic carbocycles. The molecule has 2 rings (SSSR count). The van der Waals surface area contributed by atoms with Crippen LogP contribution < -0.4 is 5.32 Å². The molecule has 0 radical (unpaired) electrons. The van der Waals surface area contributed by atoms with E-state index in [1.165, 1.54) is 0 Å². The maximum Gasteiger partial charge on any atom is 0.253 e. The molecule has 0 aliphatic carbocycles. The molecule has 3 N–H and O–H groups in total. The molecular weight excluding hydrogens is 216 g/mol. The van der Waals surface area contributed by atoms with E-state index in [-0.39, 0.29) is 18.6 Å². The smallest absolute Gasteiger partial charge is 0.253 e. The van der Waals surface area contributed by atoms with Gasteiger partial charge in [0.25, 0.3) is 5.91 Å². The lowest BCUT2D eigenvalue weighted by molar-refractivity contribution is 0.0916. The molecule has 4 nitrogen and oxygen atoms in total. The van der Waals surface area contributed by atoms with Crippen LogP contribution in [-0.2, 0) is 0 Å². The van der Waals surface area contributed by atoms with Crippen molar-refractivity contribution in [2.75, 3.05) is 6.61 Å². The van der Waals surface area contributed by atoms with Gasteiger partial charge in [0.05, 0.1) is 23.7 Å². The number of benzene rings is 1. The lowest BCUT2D eigenvalue weighted by Gasteiger charge is -2.14. The molecule has 0 saturated heterocycles. The summed E-state index contributed by atoms with van der Waals surface area (Å²) in [5.74, 6) is -0.154. The van der Waals surface area contributed by atoms with Gasteiger partial charge in [0, 0.05) is 11.6 Å². The fraction of sp³-hybridized carbons (Fsp3) is 0.308. The van der Waals surface area contributed by atoms with Crippen LogP contribution in [0, 0.1) is 0 Å². The Kier molecular flexibility index (Phi) is 3.44. The predicted molar refractivity (Wildman–Crippen MR) is 66.9 cm³/mol. The second-order valence-corrected chi connectivity index (χ2v) is 4.01. The highest BCUT2D eigenvalue weighted by Gasteiger charge is 2.14. The highest BCUT2D eigenvalue weighted by atomic mass is 16.3. The number of aliphatic hydroxyl groups is 1. The van der Waals surface area contributed by atoms with Gasteiger partial charge in [-0.1, -0.05) is 19.1 Å². The zero-order valence-electron chi connectivity index (χ0n) is 9.73. The third-order valence-corrected chi connectivity index (χ3v) is 2.88. The minimum absolute atomic E-state index is 0.0387. The van der Waals surface area contributed by atoms with Crippen LogP contribution in [0.3, 0.4) is 0 Å². The molecule has 90 valence electrons. The Bertz CT molecular complexity index is 515. The van der Waals surface area contributed by atoms with Crippen molar-refractivity contribution >= 4 is 16.8 Å². The van der Waals surface area contributed by atoms with Crippen molar-refractivity contribution in [2.24, 2.45) is 0 Å². The van der Waals surface area contributed by atoms with Gasteiger partial charge in [-0.3, -0.25) is 4.79 Å². The molecule has 4 heteroatoms. The molecule has 0 saturated carbocycles. The first kappa shape index (κ1) is 11.7. The summed E-state index contributed by atoms with van der Waals surface area (Å²) in [6, 6.07) is 7.32. The first-order valence-electron chi connectivity index (χ1n) is 5.74. The second kappa shape index (κ2) is 5.01. The summed E-state index contributed by atoms with van der Waals surface area (Å²) in [6.07, 6.45) is 2.52. The molecule has 1 unspecified atom stereocenters. The second-order valence-electron chi connectivity index (χ2n) is 4.01. The molecule has 1 heterocycles. The van der Waals surface area contributed by atoms with E-state index in [0.717, 1.165) is 10.9 Å². The molecule has 0 spiro atoms. The van der Waals surface area contributed by atoms with Crippen molar-refractivity contribution in [1.29, 1.82) is 0 Å². The summed E-state index contributed by atoms with van der Waals surface area (Å²) < 4.78 is 0. The summed E-state index contributed by atoms with van der Waals surface area (Å²) in [5, 5.41) is 12.9. The summed E-state index contributed by atoms with van der Waals surface area (Å²) in [4.78, 5) is 15.1. The molecular formula is C13H16N2O2. The average molecular weight is 232 g/mol. The normalized spacial score (nSPS) is 12.6. The third kappa shape index (κ3) is 2.31. The summed E-state index contributed by atoms with van der Waals surface area (Å²) in [6.45, 7) is 1.89. The number of fused-ring (bicyclic) bond motifs is 1. The number of hydrogen-bond acceptors (Lipinski definition) is 2. The number of aromatic nitrogens is 1. The monoisotopic (exact) mass is 232 g/mol. The first-order chi connectivity index (χ1) is 8.26. The van der Waals surface area contributed by atoms with Crippen LogP contribution >= 0.6 is 0 Å². The van der Waals surface area contributed by atoms with Crippen LogP contribution in [0.15, 0.2) is 30.5 Å². The van der Waals surface area contributed by atoms with Crippen molar-refractivity contribution in [2.45, 2.75) is 19.4 Å². The van der Waals surface area contributed by atoms with Crippen LogP contribution in [0.4, 0.5) is 0 Å². The molecule has 0 aliphatic rings. The van der Waals surface area contributed by atoms with Gasteiger partial charge in [0.15, 0.2) is 0 Å². The van der Waals surface area contributed by atoms with Crippen molar-refractivity contribution in [1.82, 2.24) is 10.3 Å². The molecule has 0 fully saturated rings. The van der Waals surface area contributed by atoms with E-state index < -0.39 is 0 Å². The maximum absolute atomic E-state index is 12.0. The standard InChI is InChI=1S/C13H16N2O2/c1-2-10(8-16)15-13(17)11-5-3-4-9-6-7-14-12(9)11/h3-7,10,14,16H,2,8H2,1H3,(H,15,17). The third-order valence-electron chi connectivity index (χ3n) is 2.88. The van der Waals surface area contributed by atoms with Gasteiger partial charge >= 0.3 is 0 Å². The average Bonchev–Trinajstić information content (AvgIpc) is 2.83. The van der Waals surface area contributed by atoms with Crippen molar-refractivity contribution in [3.8, 4) is 0 Å². The van der Waals surface area contributed by atoms with Crippen LogP contribution in [0.5, 0.6) is 0 Å². The lowest BCUT2D eigenvalue weighted by atomic mass is 10.1. The Morgan fingerprint density at radius 3 is 3.00 bits per heavy atom. The number of H-pyrrole nitrogens is 1. The van der Waals surface area contributed by atoms with Gasteiger partial charge in [-0.05, 0) is 18.6 Å². The van der Waals surface area contributed by atoms with E-state index in [1.807, 2.05) is 31.3 Å². The number of aromatic amines is 1. The van der Waals surface area contributed by atoms with Gasteiger partial charge < -0.3 is 15.4 Å². The summed E-state index contributed by atoms with van der Waals surface area (Å²) in [5.41, 5.74) is 1.44. The number of para-hydroxylation sites is 1. The number of carbonyl (C=O) groups excluding carboxylic acids is 1. The summed E-state index contributed by atoms with van der Waals surface area (Å²) >= 11 is 0. The zero-order valence-corrected chi connectivity index (χ0v) is 9.73. The fourth-order valence-corrected chi connectivity index (χ4v) is 1.81. The topological polar surface area (TPSA) is 65.1 Å². The van der Waals surface area contributed by atoms with Crippen LogP contribution in [0.2, 0.25) is 0 Å². The largest absolute Gasteiger partial charge is 0.394 e. The van der Waals surface area contributed by atoms with E-state index >= 15 is 0 Å². The highest BCUT2D eigenvalue weighted by molar-refractivity contribution is 6.05. The van der Waals surface area contributed by atoms with Gasteiger partial charge in [-0.25, -0.2) is 0 Å². The maximum atomic E-state index is 12.0. The van der Waals surface area contributed by atoms with Gasteiger partial charge in [-0.2, -0.15) is 0 Å². The van der Waals surface area contributed by atoms with Crippen molar-refractivity contribution < 1.29 is 9.90 Å². The Morgan fingerprint density at radius 1 is 1.47 bits per heavy atom. The number of amides is 1. The van der Waals surface area contributed by atoms with E-state index in [9.17, 15) is 4.79 Å². The van der Waals surface area contributed by atoms with E-state index in [2.05, 4.69) is 10.3 Å². The van der Waals surface area contributed by atoms with Gasteiger partial charge in [0.1, 0.15) is 0 Å². The van der Waals surface area contributed by atoms with E-state index in [1.54, 1.807) is 6.07 Å². The summed E-state index contributed by atoms with van der Waals surface area (Å²) in [7, 11) is 0. The molecule has 0 bridgehead atoms. The minimum Gasteiger partial charge on any atom is -0.394 e. The Labute approximate surface area is 99.7 Å². The predicted octanol–water partition coefficient (Wildman–Crippen LogP) is 1.67. The number of carbonyl (C=O) groups is 1. The zero-order chi connectivity index (χ0) is 12.3.